The van der Waals surface area contributed by atoms with E-state index in [9.17, 15) is 4.79 Å². The highest BCUT2D eigenvalue weighted by molar-refractivity contribution is 7.09. The Kier molecular flexibility index (Phi) is 6.77. The average Bonchev–Trinajstić information content (AvgIpc) is 3.26. The predicted molar refractivity (Wildman–Crippen MR) is 115 cm³/mol. The maximum Gasteiger partial charge on any atom is 0.254 e. The summed E-state index contributed by atoms with van der Waals surface area (Å²) in [7, 11) is 4.82. The highest BCUT2D eigenvalue weighted by Crippen LogP contribution is 2.31. The third-order valence-corrected chi connectivity index (χ3v) is 5.63. The van der Waals surface area contributed by atoms with Gasteiger partial charge in [0.05, 0.1) is 34.4 Å². The van der Waals surface area contributed by atoms with Gasteiger partial charge in [-0.15, -0.1) is 11.3 Å². The average molecular weight is 412 g/mol. The number of rotatable bonds is 8. The molecule has 0 N–H and O–H groups in total. The predicted octanol–water partition coefficient (Wildman–Crippen LogP) is 4.92. The molecule has 6 heteroatoms. The summed E-state index contributed by atoms with van der Waals surface area (Å²) in [4.78, 5) is 16.4. The van der Waals surface area contributed by atoms with Crippen molar-refractivity contribution >= 4 is 17.2 Å². The fourth-order valence-corrected chi connectivity index (χ4v) is 3.94. The van der Waals surface area contributed by atoms with Crippen molar-refractivity contribution in [2.24, 2.45) is 0 Å². The Hall–Kier alpha value is -2.99. The molecule has 0 saturated carbocycles. The van der Waals surface area contributed by atoms with Crippen molar-refractivity contribution in [1.82, 2.24) is 4.90 Å². The lowest BCUT2D eigenvalue weighted by atomic mass is 10.1. The third kappa shape index (κ3) is 4.71. The van der Waals surface area contributed by atoms with Crippen molar-refractivity contribution < 1.29 is 19.0 Å². The van der Waals surface area contributed by atoms with E-state index in [1.165, 1.54) is 0 Å². The second-order valence-corrected chi connectivity index (χ2v) is 7.59. The van der Waals surface area contributed by atoms with Gasteiger partial charge in [-0.2, -0.15) is 0 Å². The van der Waals surface area contributed by atoms with Crippen LogP contribution in [-0.2, 0) is 13.1 Å². The Labute approximate surface area is 175 Å². The van der Waals surface area contributed by atoms with Crippen LogP contribution < -0.4 is 14.2 Å². The molecule has 2 aromatic carbocycles. The number of ether oxygens (including phenoxy) is 3. The lowest BCUT2D eigenvalue weighted by Gasteiger charge is -2.24. The minimum Gasteiger partial charge on any atom is -0.496 e. The summed E-state index contributed by atoms with van der Waals surface area (Å²) in [6, 6.07) is 15.3. The Bertz CT molecular complexity index is 944. The van der Waals surface area contributed by atoms with Crippen LogP contribution >= 0.6 is 11.3 Å². The first-order valence-corrected chi connectivity index (χ1v) is 10.1. The number of amides is 1. The number of methoxy groups -OCH3 is 3. The highest BCUT2D eigenvalue weighted by atomic mass is 32.1. The molecule has 3 aromatic rings. The molecule has 0 aliphatic heterocycles. The number of carbonyl (C=O) groups excluding carboxylic acids is 1. The number of hydrogen-bond donors (Lipinski definition) is 0. The van der Waals surface area contributed by atoms with Crippen molar-refractivity contribution in [3.05, 3.63) is 75.5 Å². The molecule has 0 saturated heterocycles. The van der Waals surface area contributed by atoms with Gasteiger partial charge in [0.1, 0.15) is 17.2 Å². The van der Waals surface area contributed by atoms with Crippen molar-refractivity contribution in [3.8, 4) is 17.2 Å². The van der Waals surface area contributed by atoms with E-state index in [4.69, 9.17) is 14.2 Å². The monoisotopic (exact) mass is 411 g/mol. The van der Waals surface area contributed by atoms with Gasteiger partial charge in [-0.1, -0.05) is 24.3 Å². The first-order chi connectivity index (χ1) is 14.1. The molecule has 152 valence electrons. The largest absolute Gasteiger partial charge is 0.496 e. The van der Waals surface area contributed by atoms with Crippen molar-refractivity contribution in [2.45, 2.75) is 20.0 Å². The van der Waals surface area contributed by atoms with Crippen LogP contribution in [0.25, 0.3) is 0 Å². The Balaban J connectivity index is 1.98. The van der Waals surface area contributed by atoms with E-state index >= 15 is 0 Å². The van der Waals surface area contributed by atoms with Crippen LogP contribution in [0.4, 0.5) is 0 Å². The van der Waals surface area contributed by atoms with Crippen LogP contribution in [0.15, 0.2) is 53.9 Å². The lowest BCUT2D eigenvalue weighted by Crippen LogP contribution is -2.30. The van der Waals surface area contributed by atoms with Crippen molar-refractivity contribution in [1.29, 1.82) is 0 Å². The molecule has 0 spiro atoms. The summed E-state index contributed by atoms with van der Waals surface area (Å²) in [6.45, 7) is 2.84. The first kappa shape index (κ1) is 20.7. The molecule has 0 fully saturated rings. The van der Waals surface area contributed by atoms with Gasteiger partial charge in [0.2, 0.25) is 0 Å². The molecular weight excluding hydrogens is 386 g/mol. The quantitative estimate of drug-likeness (QED) is 0.528. The molecule has 0 unspecified atom stereocenters. The van der Waals surface area contributed by atoms with E-state index in [0.717, 1.165) is 21.8 Å². The zero-order chi connectivity index (χ0) is 20.8. The van der Waals surface area contributed by atoms with E-state index < -0.39 is 0 Å². The second kappa shape index (κ2) is 9.47. The lowest BCUT2D eigenvalue weighted by molar-refractivity contribution is 0.0730. The summed E-state index contributed by atoms with van der Waals surface area (Å²) in [5.74, 6) is 1.92. The number of para-hydroxylation sites is 1. The third-order valence-electron chi connectivity index (χ3n) is 4.77. The van der Waals surface area contributed by atoms with Crippen molar-refractivity contribution in [3.63, 3.8) is 0 Å². The molecule has 3 rings (SSSR count). The molecule has 0 radical (unpaired) electrons. The fourth-order valence-electron chi connectivity index (χ4n) is 3.22. The van der Waals surface area contributed by atoms with E-state index in [-0.39, 0.29) is 5.91 Å². The van der Waals surface area contributed by atoms with Gasteiger partial charge < -0.3 is 19.1 Å². The summed E-state index contributed by atoms with van der Waals surface area (Å²) in [5, 5.41) is 2.01. The van der Waals surface area contributed by atoms with Crippen LogP contribution in [0.3, 0.4) is 0 Å². The smallest absolute Gasteiger partial charge is 0.254 e. The topological polar surface area (TPSA) is 48.0 Å². The minimum atomic E-state index is -0.0964. The van der Waals surface area contributed by atoms with Crippen LogP contribution in [-0.4, -0.2) is 32.1 Å². The Morgan fingerprint density at radius 2 is 1.55 bits per heavy atom. The second-order valence-electron chi connectivity index (χ2n) is 6.56. The van der Waals surface area contributed by atoms with Gasteiger partial charge in [0.25, 0.3) is 5.91 Å². The summed E-state index contributed by atoms with van der Waals surface area (Å²) < 4.78 is 16.4. The zero-order valence-electron chi connectivity index (χ0n) is 17.1. The van der Waals surface area contributed by atoms with Gasteiger partial charge in [0, 0.05) is 21.6 Å². The van der Waals surface area contributed by atoms with Gasteiger partial charge >= 0.3 is 0 Å². The molecule has 1 heterocycles. The van der Waals surface area contributed by atoms with Crippen LogP contribution in [0.5, 0.6) is 17.2 Å². The zero-order valence-corrected chi connectivity index (χ0v) is 17.9. The van der Waals surface area contributed by atoms with Crippen LogP contribution in [0.2, 0.25) is 0 Å². The Morgan fingerprint density at radius 3 is 2.14 bits per heavy atom. The molecule has 0 bridgehead atoms. The number of carbonyl (C=O) groups is 1. The highest BCUT2D eigenvalue weighted by Gasteiger charge is 2.21. The minimum absolute atomic E-state index is 0.0964. The van der Waals surface area contributed by atoms with E-state index in [1.807, 2.05) is 53.6 Å². The molecule has 29 heavy (non-hydrogen) atoms. The maximum absolute atomic E-state index is 13.5. The number of thiophene rings is 1. The standard InChI is InChI=1S/C23H25NO4S/c1-16-21(27-3)12-18(13-22(16)28-4)23(25)24(15-19-9-7-11-29-19)14-17-8-5-6-10-20(17)26-2/h5-13H,14-15H2,1-4H3. The molecule has 0 aliphatic rings. The SMILES string of the molecule is COc1ccccc1CN(Cc1cccs1)C(=O)c1cc(OC)c(C)c(OC)c1. The van der Waals surface area contributed by atoms with Gasteiger partial charge in [-0.3, -0.25) is 4.79 Å². The van der Waals surface area contributed by atoms with Crippen LogP contribution in [0, 0.1) is 6.92 Å². The first-order valence-electron chi connectivity index (χ1n) is 9.23. The number of benzene rings is 2. The molecule has 5 nitrogen and oxygen atoms in total. The number of nitrogens with zero attached hydrogens (tertiary/aromatic N) is 1. The summed E-state index contributed by atoms with van der Waals surface area (Å²) in [5.41, 5.74) is 2.34. The normalized spacial score (nSPS) is 10.5. The summed E-state index contributed by atoms with van der Waals surface area (Å²) >= 11 is 1.63. The van der Waals surface area contributed by atoms with E-state index in [0.29, 0.717) is 30.2 Å². The number of hydrogen-bond acceptors (Lipinski definition) is 5. The molecule has 1 amide bonds. The molecule has 0 aliphatic carbocycles. The van der Waals surface area contributed by atoms with Crippen molar-refractivity contribution in [2.75, 3.05) is 21.3 Å². The van der Waals surface area contributed by atoms with E-state index in [2.05, 4.69) is 0 Å². The molecular formula is C23H25NO4S. The molecule has 0 atom stereocenters. The Morgan fingerprint density at radius 1 is 0.897 bits per heavy atom. The van der Waals surface area contributed by atoms with Gasteiger partial charge in [-0.05, 0) is 36.6 Å². The summed E-state index contributed by atoms with van der Waals surface area (Å²) in [6.07, 6.45) is 0. The fraction of sp³-hybridized carbons (Fsp3) is 0.261. The van der Waals surface area contributed by atoms with Crippen LogP contribution in [0.1, 0.15) is 26.4 Å². The van der Waals surface area contributed by atoms with E-state index in [1.54, 1.807) is 44.8 Å². The molecule has 1 aromatic heterocycles. The van der Waals surface area contributed by atoms with Gasteiger partial charge in [0.15, 0.2) is 0 Å². The van der Waals surface area contributed by atoms with Gasteiger partial charge in [-0.25, -0.2) is 0 Å². The maximum atomic E-state index is 13.5.